The average molecular weight is 374 g/mol. The molecule has 1 aliphatic rings. The van der Waals surface area contributed by atoms with Crippen molar-refractivity contribution in [3.63, 3.8) is 0 Å². The molecule has 0 spiro atoms. The fourth-order valence-electron chi connectivity index (χ4n) is 3.44. The second kappa shape index (κ2) is 7.96. The summed E-state index contributed by atoms with van der Waals surface area (Å²) in [6.45, 7) is 4.99. The number of likely N-dealkylation sites (tertiary alicyclic amines) is 1. The number of aliphatic hydroxyl groups is 1. The van der Waals surface area contributed by atoms with Crippen LogP contribution in [0.4, 0.5) is 0 Å². The molecule has 0 saturated carbocycles. The van der Waals surface area contributed by atoms with E-state index in [-0.39, 0.29) is 24.9 Å². The number of carbonyl (C=O) groups is 2. The lowest BCUT2D eigenvalue weighted by atomic mass is 9.95. The van der Waals surface area contributed by atoms with Crippen LogP contribution in [0.1, 0.15) is 41.1 Å². The van der Waals surface area contributed by atoms with Gasteiger partial charge in [-0.1, -0.05) is 0 Å². The van der Waals surface area contributed by atoms with E-state index < -0.39 is 5.60 Å². The molecule has 2 N–H and O–H groups in total. The monoisotopic (exact) mass is 374 g/mol. The summed E-state index contributed by atoms with van der Waals surface area (Å²) in [5.74, 6) is 0.993. The smallest absolute Gasteiger partial charge is 0.254 e. The Morgan fingerprint density at radius 3 is 2.81 bits per heavy atom. The fraction of sp³-hybridized carbons (Fsp3) is 0.526. The van der Waals surface area contributed by atoms with Gasteiger partial charge in [0.05, 0.1) is 17.5 Å². The van der Waals surface area contributed by atoms with Crippen molar-refractivity contribution in [3.05, 3.63) is 41.9 Å². The highest BCUT2D eigenvalue weighted by Crippen LogP contribution is 2.22. The number of imidazole rings is 1. The van der Waals surface area contributed by atoms with Crippen molar-refractivity contribution in [1.82, 2.24) is 19.8 Å². The van der Waals surface area contributed by atoms with E-state index in [1.54, 1.807) is 48.1 Å². The number of hydrogen-bond acceptors (Lipinski definition) is 5. The maximum Gasteiger partial charge on any atom is 0.254 e. The molecule has 8 heteroatoms. The summed E-state index contributed by atoms with van der Waals surface area (Å²) in [5.41, 5.74) is -0.534. The minimum Gasteiger partial charge on any atom is -0.466 e. The Balaban J connectivity index is 1.53. The first-order valence-electron chi connectivity index (χ1n) is 9.17. The first-order chi connectivity index (χ1) is 12.9. The van der Waals surface area contributed by atoms with Crippen LogP contribution in [0.15, 0.2) is 29.2 Å². The molecule has 2 aromatic rings. The predicted octanol–water partition coefficient (Wildman–Crippen LogP) is 1.27. The molecular formula is C19H26N4O4. The van der Waals surface area contributed by atoms with Crippen molar-refractivity contribution < 1.29 is 19.1 Å². The summed E-state index contributed by atoms with van der Waals surface area (Å²) in [6, 6.07) is 1.69. The van der Waals surface area contributed by atoms with E-state index in [0.29, 0.717) is 49.4 Å². The lowest BCUT2D eigenvalue weighted by Gasteiger charge is -2.27. The van der Waals surface area contributed by atoms with Crippen LogP contribution >= 0.6 is 0 Å². The third-order valence-electron chi connectivity index (χ3n) is 5.01. The van der Waals surface area contributed by atoms with Crippen molar-refractivity contribution in [3.8, 4) is 0 Å². The maximum atomic E-state index is 12.4. The molecule has 8 nitrogen and oxygen atoms in total. The van der Waals surface area contributed by atoms with Crippen molar-refractivity contribution in [2.75, 3.05) is 19.6 Å². The largest absolute Gasteiger partial charge is 0.466 e. The molecular weight excluding hydrogens is 348 g/mol. The molecule has 1 saturated heterocycles. The topological polar surface area (TPSA) is 101 Å². The highest BCUT2D eigenvalue weighted by Gasteiger charge is 2.32. The van der Waals surface area contributed by atoms with Gasteiger partial charge in [0, 0.05) is 32.0 Å². The molecule has 1 fully saturated rings. The molecule has 3 rings (SSSR count). The summed E-state index contributed by atoms with van der Waals surface area (Å²) < 4.78 is 7.11. The minimum absolute atomic E-state index is 0.00535. The second-order valence-corrected chi connectivity index (χ2v) is 7.20. The van der Waals surface area contributed by atoms with E-state index in [9.17, 15) is 14.7 Å². The number of nitrogens with zero attached hydrogens (tertiary/aromatic N) is 3. The van der Waals surface area contributed by atoms with Gasteiger partial charge >= 0.3 is 0 Å². The van der Waals surface area contributed by atoms with Crippen molar-refractivity contribution >= 4 is 11.8 Å². The standard InChI is InChI=1S/C19H26N4O4/c1-14-10-16(15(2)27-14)18(25)21-12-19(26)4-3-7-23(8-5-19)17(24)11-22-9-6-20-13-22/h6,9-10,13,26H,3-5,7-8,11-12H2,1-2H3,(H,21,25)/t19-/m1/s1. The summed E-state index contributed by atoms with van der Waals surface area (Å²) >= 11 is 0. The van der Waals surface area contributed by atoms with Crippen LogP contribution < -0.4 is 5.32 Å². The van der Waals surface area contributed by atoms with E-state index in [0.717, 1.165) is 0 Å². The number of aromatic nitrogens is 2. The Labute approximate surface area is 158 Å². The van der Waals surface area contributed by atoms with Crippen LogP contribution in [0.5, 0.6) is 0 Å². The minimum atomic E-state index is -1.02. The number of nitrogens with one attached hydrogen (secondary N) is 1. The Kier molecular flexibility index (Phi) is 5.65. The van der Waals surface area contributed by atoms with Gasteiger partial charge in [-0.2, -0.15) is 0 Å². The van der Waals surface area contributed by atoms with E-state index in [2.05, 4.69) is 10.3 Å². The molecule has 0 aliphatic carbocycles. The fourth-order valence-corrected chi connectivity index (χ4v) is 3.44. The first-order valence-corrected chi connectivity index (χ1v) is 9.17. The normalized spacial score (nSPS) is 20.3. The summed E-state index contributed by atoms with van der Waals surface area (Å²) in [4.78, 5) is 30.5. The van der Waals surface area contributed by atoms with E-state index in [4.69, 9.17) is 4.42 Å². The number of furan rings is 1. The zero-order chi connectivity index (χ0) is 19.4. The van der Waals surface area contributed by atoms with Gasteiger partial charge in [-0.05, 0) is 39.2 Å². The lowest BCUT2D eigenvalue weighted by molar-refractivity contribution is -0.131. The van der Waals surface area contributed by atoms with Gasteiger partial charge < -0.3 is 24.3 Å². The molecule has 27 heavy (non-hydrogen) atoms. The molecule has 2 amide bonds. The number of aryl methyl sites for hydroxylation is 2. The summed E-state index contributed by atoms with van der Waals surface area (Å²) in [6.07, 6.45) is 6.65. The van der Waals surface area contributed by atoms with Gasteiger partial charge in [-0.25, -0.2) is 4.98 Å². The van der Waals surface area contributed by atoms with Crippen LogP contribution in [0.25, 0.3) is 0 Å². The van der Waals surface area contributed by atoms with Gasteiger partial charge in [0.15, 0.2) is 0 Å². The first kappa shape index (κ1) is 19.2. The van der Waals surface area contributed by atoms with Gasteiger partial charge in [0.1, 0.15) is 18.1 Å². The van der Waals surface area contributed by atoms with Crippen LogP contribution in [-0.2, 0) is 11.3 Å². The Hall–Kier alpha value is -2.61. The maximum absolute atomic E-state index is 12.4. The van der Waals surface area contributed by atoms with Gasteiger partial charge in [-0.15, -0.1) is 0 Å². The third kappa shape index (κ3) is 4.77. The van der Waals surface area contributed by atoms with Crippen LogP contribution in [0.2, 0.25) is 0 Å². The quantitative estimate of drug-likeness (QED) is 0.821. The van der Waals surface area contributed by atoms with Crippen LogP contribution in [0.3, 0.4) is 0 Å². The van der Waals surface area contributed by atoms with Crippen LogP contribution in [-0.4, -0.2) is 56.6 Å². The predicted molar refractivity (Wildman–Crippen MR) is 98.1 cm³/mol. The van der Waals surface area contributed by atoms with Gasteiger partial charge in [-0.3, -0.25) is 9.59 Å². The number of amides is 2. The molecule has 2 aromatic heterocycles. The molecule has 1 atom stereocenters. The molecule has 1 aliphatic heterocycles. The number of rotatable bonds is 5. The van der Waals surface area contributed by atoms with Crippen molar-refractivity contribution in [2.24, 2.45) is 0 Å². The van der Waals surface area contributed by atoms with E-state index >= 15 is 0 Å². The Morgan fingerprint density at radius 2 is 2.15 bits per heavy atom. The summed E-state index contributed by atoms with van der Waals surface area (Å²) in [5, 5.41) is 13.7. The highest BCUT2D eigenvalue weighted by molar-refractivity contribution is 5.95. The third-order valence-corrected chi connectivity index (χ3v) is 5.01. The van der Waals surface area contributed by atoms with Crippen molar-refractivity contribution in [1.29, 1.82) is 0 Å². The molecule has 0 radical (unpaired) electrons. The number of carbonyl (C=O) groups excluding carboxylic acids is 2. The molecule has 0 unspecified atom stereocenters. The van der Waals surface area contributed by atoms with E-state index in [1.807, 2.05) is 0 Å². The zero-order valence-electron chi connectivity index (χ0n) is 15.8. The van der Waals surface area contributed by atoms with Crippen molar-refractivity contribution in [2.45, 2.75) is 45.3 Å². The van der Waals surface area contributed by atoms with Gasteiger partial charge in [0.2, 0.25) is 5.91 Å². The highest BCUT2D eigenvalue weighted by atomic mass is 16.3. The van der Waals surface area contributed by atoms with Gasteiger partial charge in [0.25, 0.3) is 5.91 Å². The SMILES string of the molecule is Cc1cc(C(=O)NC[C@@]2(O)CCCN(C(=O)Cn3ccnc3)CC2)c(C)o1. The zero-order valence-corrected chi connectivity index (χ0v) is 15.8. The molecule has 146 valence electrons. The number of hydrogen-bond donors (Lipinski definition) is 2. The average Bonchev–Trinajstić information content (AvgIpc) is 3.19. The molecule has 0 aromatic carbocycles. The lowest BCUT2D eigenvalue weighted by Crippen LogP contribution is -2.44. The Morgan fingerprint density at radius 1 is 1.33 bits per heavy atom. The molecule has 3 heterocycles. The van der Waals surface area contributed by atoms with E-state index in [1.165, 1.54) is 0 Å². The summed E-state index contributed by atoms with van der Waals surface area (Å²) in [7, 11) is 0. The Bertz CT molecular complexity index is 799. The van der Waals surface area contributed by atoms with Crippen LogP contribution in [0, 0.1) is 13.8 Å². The second-order valence-electron chi connectivity index (χ2n) is 7.20. The molecule has 0 bridgehead atoms.